The largest absolute Gasteiger partial charge is 0.374 e. The molecule has 4 rings (SSSR count). The monoisotopic (exact) mass is 399 g/mol. The number of anilines is 2. The molecule has 5 nitrogen and oxygen atoms in total. The summed E-state index contributed by atoms with van der Waals surface area (Å²) in [6.45, 7) is 0.836. The Kier molecular flexibility index (Phi) is 6.09. The molecule has 2 N–H and O–H groups in total. The molecule has 0 saturated carbocycles. The molecular weight excluding hydrogens is 374 g/mol. The van der Waals surface area contributed by atoms with Crippen molar-refractivity contribution < 1.29 is 9.59 Å². The summed E-state index contributed by atoms with van der Waals surface area (Å²) in [5.74, 6) is 0.0113. The summed E-state index contributed by atoms with van der Waals surface area (Å²) < 4.78 is 0. The van der Waals surface area contributed by atoms with Crippen LogP contribution in [0.2, 0.25) is 0 Å². The standard InChI is InChI=1S/C25H25N3O2/c29-23(18-26-21-14-7-8-15-22(21)28-17-9-16-24(28)30)27-25(19-10-3-1-4-11-19)20-12-5-2-6-13-20/h1-8,10-15,25-26H,9,16-18H2,(H,27,29). The van der Waals surface area contributed by atoms with Gasteiger partial charge >= 0.3 is 0 Å². The number of carbonyl (C=O) groups excluding carboxylic acids is 2. The van der Waals surface area contributed by atoms with Crippen LogP contribution < -0.4 is 15.5 Å². The number of para-hydroxylation sites is 2. The van der Waals surface area contributed by atoms with Crippen LogP contribution in [0.15, 0.2) is 84.9 Å². The summed E-state index contributed by atoms with van der Waals surface area (Å²) in [4.78, 5) is 26.7. The molecule has 5 heteroatoms. The molecule has 1 saturated heterocycles. The lowest BCUT2D eigenvalue weighted by Crippen LogP contribution is -2.34. The first-order valence-electron chi connectivity index (χ1n) is 10.2. The number of benzene rings is 3. The van der Waals surface area contributed by atoms with Gasteiger partial charge in [0.2, 0.25) is 11.8 Å². The van der Waals surface area contributed by atoms with Crippen LogP contribution >= 0.6 is 0 Å². The van der Waals surface area contributed by atoms with Crippen molar-refractivity contribution in [2.75, 3.05) is 23.3 Å². The van der Waals surface area contributed by atoms with Gasteiger partial charge < -0.3 is 15.5 Å². The Morgan fingerprint density at radius 2 is 1.47 bits per heavy atom. The average molecular weight is 399 g/mol. The van der Waals surface area contributed by atoms with Gasteiger partial charge in [0.05, 0.1) is 24.0 Å². The summed E-state index contributed by atoms with van der Waals surface area (Å²) in [5, 5.41) is 6.35. The van der Waals surface area contributed by atoms with E-state index < -0.39 is 0 Å². The van der Waals surface area contributed by atoms with E-state index >= 15 is 0 Å². The zero-order valence-corrected chi connectivity index (χ0v) is 16.8. The van der Waals surface area contributed by atoms with Crippen LogP contribution in [0, 0.1) is 0 Å². The predicted octanol–water partition coefficient (Wildman–Crippen LogP) is 4.13. The molecule has 0 spiro atoms. The van der Waals surface area contributed by atoms with Crippen molar-refractivity contribution in [2.45, 2.75) is 18.9 Å². The molecule has 3 aromatic rings. The van der Waals surface area contributed by atoms with E-state index in [2.05, 4.69) is 10.6 Å². The minimum atomic E-state index is -0.225. The van der Waals surface area contributed by atoms with E-state index in [0.717, 1.165) is 28.9 Å². The number of rotatable bonds is 7. The Morgan fingerprint density at radius 3 is 2.07 bits per heavy atom. The molecule has 1 aliphatic rings. The van der Waals surface area contributed by atoms with Gasteiger partial charge in [-0.1, -0.05) is 72.8 Å². The summed E-state index contributed by atoms with van der Waals surface area (Å²) in [5.41, 5.74) is 3.68. The first-order valence-corrected chi connectivity index (χ1v) is 10.2. The van der Waals surface area contributed by atoms with Crippen LogP contribution in [-0.2, 0) is 9.59 Å². The van der Waals surface area contributed by atoms with E-state index in [9.17, 15) is 9.59 Å². The van der Waals surface area contributed by atoms with Crippen LogP contribution in [0.25, 0.3) is 0 Å². The average Bonchev–Trinajstić information content (AvgIpc) is 3.23. The quantitative estimate of drug-likeness (QED) is 0.628. The highest BCUT2D eigenvalue weighted by molar-refractivity contribution is 5.98. The van der Waals surface area contributed by atoms with E-state index in [1.807, 2.05) is 84.9 Å². The highest BCUT2D eigenvalue weighted by atomic mass is 16.2. The second kappa shape index (κ2) is 9.27. The van der Waals surface area contributed by atoms with E-state index in [-0.39, 0.29) is 24.4 Å². The molecule has 1 aliphatic heterocycles. The molecule has 0 unspecified atom stereocenters. The molecule has 1 fully saturated rings. The summed E-state index contributed by atoms with van der Waals surface area (Å²) in [7, 11) is 0. The highest BCUT2D eigenvalue weighted by Gasteiger charge is 2.24. The van der Waals surface area contributed by atoms with Gasteiger partial charge in [0.1, 0.15) is 0 Å². The second-order valence-corrected chi connectivity index (χ2v) is 7.34. The van der Waals surface area contributed by atoms with Gasteiger partial charge in [0, 0.05) is 13.0 Å². The number of nitrogens with zero attached hydrogens (tertiary/aromatic N) is 1. The Bertz CT molecular complexity index is 966. The van der Waals surface area contributed by atoms with Gasteiger partial charge in [0.15, 0.2) is 0 Å². The lowest BCUT2D eigenvalue weighted by molar-refractivity contribution is -0.120. The molecule has 0 aliphatic carbocycles. The fourth-order valence-electron chi connectivity index (χ4n) is 3.80. The lowest BCUT2D eigenvalue weighted by Gasteiger charge is -2.22. The SMILES string of the molecule is O=C(CNc1ccccc1N1CCCC1=O)NC(c1ccccc1)c1ccccc1. The Labute approximate surface area is 176 Å². The summed E-state index contributed by atoms with van der Waals surface area (Å²) in [6, 6.07) is 27.3. The molecule has 0 radical (unpaired) electrons. The first-order chi connectivity index (χ1) is 14.7. The first kappa shape index (κ1) is 19.7. The van der Waals surface area contributed by atoms with E-state index in [1.54, 1.807) is 4.90 Å². The number of hydrogen-bond donors (Lipinski definition) is 2. The van der Waals surface area contributed by atoms with Crippen LogP contribution in [0.4, 0.5) is 11.4 Å². The molecular formula is C25H25N3O2. The molecule has 152 valence electrons. The zero-order valence-electron chi connectivity index (χ0n) is 16.8. The molecule has 1 heterocycles. The number of nitrogens with one attached hydrogen (secondary N) is 2. The van der Waals surface area contributed by atoms with E-state index in [4.69, 9.17) is 0 Å². The number of hydrogen-bond acceptors (Lipinski definition) is 3. The van der Waals surface area contributed by atoms with Crippen molar-refractivity contribution in [1.82, 2.24) is 5.32 Å². The van der Waals surface area contributed by atoms with Gasteiger partial charge in [-0.2, -0.15) is 0 Å². The smallest absolute Gasteiger partial charge is 0.240 e. The fourth-order valence-corrected chi connectivity index (χ4v) is 3.80. The zero-order chi connectivity index (χ0) is 20.8. The second-order valence-electron chi connectivity index (χ2n) is 7.34. The van der Waals surface area contributed by atoms with Gasteiger partial charge in [-0.3, -0.25) is 9.59 Å². The van der Waals surface area contributed by atoms with Crippen molar-refractivity contribution in [3.05, 3.63) is 96.1 Å². The lowest BCUT2D eigenvalue weighted by atomic mass is 9.99. The van der Waals surface area contributed by atoms with E-state index in [1.165, 1.54) is 0 Å². The number of amides is 2. The minimum absolute atomic E-state index is 0.116. The third kappa shape index (κ3) is 4.51. The molecule has 2 amide bonds. The summed E-state index contributed by atoms with van der Waals surface area (Å²) in [6.07, 6.45) is 1.44. The maximum Gasteiger partial charge on any atom is 0.240 e. The third-order valence-electron chi connectivity index (χ3n) is 5.28. The van der Waals surface area contributed by atoms with E-state index in [0.29, 0.717) is 13.0 Å². The Balaban J connectivity index is 1.47. The Hall–Kier alpha value is -3.60. The normalized spacial score (nSPS) is 13.5. The molecule has 0 bridgehead atoms. The molecule has 0 aromatic heterocycles. The fraction of sp³-hybridized carbons (Fsp3) is 0.200. The minimum Gasteiger partial charge on any atom is -0.374 e. The van der Waals surface area contributed by atoms with Crippen LogP contribution in [0.5, 0.6) is 0 Å². The van der Waals surface area contributed by atoms with Crippen LogP contribution in [0.3, 0.4) is 0 Å². The predicted molar refractivity (Wildman–Crippen MR) is 119 cm³/mol. The maximum atomic E-state index is 12.8. The van der Waals surface area contributed by atoms with Crippen molar-refractivity contribution in [1.29, 1.82) is 0 Å². The topological polar surface area (TPSA) is 61.4 Å². The van der Waals surface area contributed by atoms with Gasteiger partial charge in [-0.15, -0.1) is 0 Å². The molecule has 0 atom stereocenters. The van der Waals surface area contributed by atoms with Gasteiger partial charge in [-0.05, 0) is 29.7 Å². The van der Waals surface area contributed by atoms with Crippen molar-refractivity contribution in [2.24, 2.45) is 0 Å². The van der Waals surface area contributed by atoms with Gasteiger partial charge in [-0.25, -0.2) is 0 Å². The summed E-state index contributed by atoms with van der Waals surface area (Å²) >= 11 is 0. The Morgan fingerprint density at radius 1 is 0.867 bits per heavy atom. The molecule has 3 aromatic carbocycles. The van der Waals surface area contributed by atoms with Crippen LogP contribution in [-0.4, -0.2) is 24.9 Å². The third-order valence-corrected chi connectivity index (χ3v) is 5.28. The van der Waals surface area contributed by atoms with Crippen molar-refractivity contribution >= 4 is 23.2 Å². The van der Waals surface area contributed by atoms with Gasteiger partial charge in [0.25, 0.3) is 0 Å². The maximum absolute atomic E-state index is 12.8. The van der Waals surface area contributed by atoms with Crippen LogP contribution in [0.1, 0.15) is 30.0 Å². The number of carbonyl (C=O) groups is 2. The van der Waals surface area contributed by atoms with Crippen molar-refractivity contribution in [3.8, 4) is 0 Å². The molecule has 30 heavy (non-hydrogen) atoms. The highest BCUT2D eigenvalue weighted by Crippen LogP contribution is 2.29. The van der Waals surface area contributed by atoms with Crippen molar-refractivity contribution in [3.63, 3.8) is 0 Å².